The van der Waals surface area contributed by atoms with Gasteiger partial charge in [-0.2, -0.15) is 0 Å². The molecule has 2 saturated heterocycles. The van der Waals surface area contributed by atoms with Gasteiger partial charge in [0.05, 0.1) is 13.1 Å². The highest BCUT2D eigenvalue weighted by atomic mass is 16.3. The summed E-state index contributed by atoms with van der Waals surface area (Å²) in [4.78, 5) is 16.4. The molecular weight excluding hydrogens is 266 g/mol. The van der Waals surface area contributed by atoms with Crippen LogP contribution in [-0.4, -0.2) is 54.5 Å². The zero-order valence-electron chi connectivity index (χ0n) is 13.0. The van der Waals surface area contributed by atoms with E-state index in [0.29, 0.717) is 25.2 Å². The second-order valence-corrected chi connectivity index (χ2v) is 6.42. The van der Waals surface area contributed by atoms with Crippen molar-refractivity contribution < 1.29 is 9.21 Å². The van der Waals surface area contributed by atoms with Crippen LogP contribution < -0.4 is 5.32 Å². The summed E-state index contributed by atoms with van der Waals surface area (Å²) in [5.41, 5.74) is 0. The summed E-state index contributed by atoms with van der Waals surface area (Å²) in [6.45, 7) is 5.00. The molecule has 2 atom stereocenters. The first-order valence-electron chi connectivity index (χ1n) is 7.88. The van der Waals surface area contributed by atoms with E-state index in [4.69, 9.17) is 4.42 Å². The molecule has 2 aliphatic heterocycles. The smallest absolute Gasteiger partial charge is 0.236 e. The molecule has 3 heterocycles. The van der Waals surface area contributed by atoms with E-state index >= 15 is 0 Å². The maximum atomic E-state index is 12.4. The number of nitrogens with zero attached hydrogens (tertiary/aromatic N) is 2. The van der Waals surface area contributed by atoms with Crippen molar-refractivity contribution in [2.75, 3.05) is 26.7 Å². The first kappa shape index (κ1) is 14.6. The van der Waals surface area contributed by atoms with E-state index in [2.05, 4.69) is 10.2 Å². The third-order valence-corrected chi connectivity index (χ3v) is 4.58. The molecule has 2 bridgehead atoms. The van der Waals surface area contributed by atoms with Crippen LogP contribution in [0.1, 0.15) is 30.8 Å². The van der Waals surface area contributed by atoms with Crippen LogP contribution in [0.4, 0.5) is 0 Å². The summed E-state index contributed by atoms with van der Waals surface area (Å²) < 4.78 is 5.54. The van der Waals surface area contributed by atoms with Crippen molar-refractivity contribution in [1.29, 1.82) is 0 Å². The summed E-state index contributed by atoms with van der Waals surface area (Å²) in [6, 6.07) is 5.11. The molecular formula is C16H25N3O2. The van der Waals surface area contributed by atoms with Crippen molar-refractivity contribution in [2.45, 2.75) is 44.8 Å². The molecule has 1 aromatic rings. The van der Waals surface area contributed by atoms with Gasteiger partial charge in [-0.3, -0.25) is 9.69 Å². The predicted molar refractivity (Wildman–Crippen MR) is 80.9 cm³/mol. The van der Waals surface area contributed by atoms with Crippen LogP contribution in [0.5, 0.6) is 0 Å². The summed E-state index contributed by atoms with van der Waals surface area (Å²) >= 11 is 0. The monoisotopic (exact) mass is 291 g/mol. The van der Waals surface area contributed by atoms with Gasteiger partial charge < -0.3 is 14.6 Å². The quantitative estimate of drug-likeness (QED) is 0.910. The zero-order valence-corrected chi connectivity index (χ0v) is 13.0. The lowest BCUT2D eigenvalue weighted by molar-refractivity contribution is -0.131. The third kappa shape index (κ3) is 3.66. The lowest BCUT2D eigenvalue weighted by atomic mass is 10.1. The van der Waals surface area contributed by atoms with Crippen LogP contribution in [0.2, 0.25) is 0 Å². The van der Waals surface area contributed by atoms with E-state index in [1.165, 1.54) is 12.8 Å². The Hall–Kier alpha value is -1.33. The molecule has 1 N–H and O–H groups in total. The average molecular weight is 291 g/mol. The average Bonchev–Trinajstić information content (AvgIpc) is 2.98. The van der Waals surface area contributed by atoms with E-state index in [-0.39, 0.29) is 5.91 Å². The highest BCUT2D eigenvalue weighted by molar-refractivity contribution is 5.77. The number of aryl methyl sites for hydroxylation is 1. The Kier molecular flexibility index (Phi) is 4.31. The molecule has 0 spiro atoms. The van der Waals surface area contributed by atoms with Gasteiger partial charge in [0.1, 0.15) is 11.5 Å². The normalized spacial score (nSPS) is 25.8. The van der Waals surface area contributed by atoms with Gasteiger partial charge in [0.15, 0.2) is 0 Å². The number of furan rings is 1. The molecule has 2 unspecified atom stereocenters. The number of amides is 1. The van der Waals surface area contributed by atoms with Crippen LogP contribution in [0, 0.1) is 6.92 Å². The lowest BCUT2D eigenvalue weighted by Gasteiger charge is -2.25. The SMILES string of the molecule is Cc1ccc(CN(C)C(=O)CN2CCC3CCC(C2)N3)o1. The standard InChI is InChI=1S/C16H25N3O2/c1-12-3-6-15(21-12)10-18(2)16(20)11-19-8-7-13-4-5-14(9-19)17-13/h3,6,13-14,17H,4-5,7-11H2,1-2H3. The number of fused-ring (bicyclic) bond motifs is 2. The molecule has 0 radical (unpaired) electrons. The molecule has 0 aromatic carbocycles. The summed E-state index contributed by atoms with van der Waals surface area (Å²) in [6.07, 6.45) is 3.70. The maximum absolute atomic E-state index is 12.4. The molecule has 2 fully saturated rings. The fourth-order valence-corrected chi connectivity index (χ4v) is 3.36. The Balaban J connectivity index is 1.50. The molecule has 21 heavy (non-hydrogen) atoms. The molecule has 5 heteroatoms. The van der Waals surface area contributed by atoms with E-state index in [1.807, 2.05) is 26.1 Å². The van der Waals surface area contributed by atoms with Gasteiger partial charge in [-0.25, -0.2) is 0 Å². The predicted octanol–water partition coefficient (Wildman–Crippen LogP) is 1.37. The van der Waals surface area contributed by atoms with Crippen LogP contribution in [-0.2, 0) is 11.3 Å². The van der Waals surface area contributed by atoms with Gasteiger partial charge in [0.2, 0.25) is 5.91 Å². The van der Waals surface area contributed by atoms with Crippen molar-refractivity contribution in [3.8, 4) is 0 Å². The van der Waals surface area contributed by atoms with Gasteiger partial charge in [-0.15, -0.1) is 0 Å². The molecule has 3 rings (SSSR count). The fourth-order valence-electron chi connectivity index (χ4n) is 3.36. The van der Waals surface area contributed by atoms with E-state index in [0.717, 1.165) is 31.0 Å². The molecule has 116 valence electrons. The van der Waals surface area contributed by atoms with Crippen LogP contribution in [0.15, 0.2) is 16.5 Å². The lowest BCUT2D eigenvalue weighted by Crippen LogP contribution is -2.42. The molecule has 1 amide bonds. The molecule has 5 nitrogen and oxygen atoms in total. The Labute approximate surface area is 126 Å². The number of carbonyl (C=O) groups excluding carboxylic acids is 1. The number of carbonyl (C=O) groups is 1. The Morgan fingerprint density at radius 1 is 1.38 bits per heavy atom. The molecule has 0 saturated carbocycles. The Morgan fingerprint density at radius 3 is 2.95 bits per heavy atom. The highest BCUT2D eigenvalue weighted by Crippen LogP contribution is 2.20. The number of nitrogens with one attached hydrogen (secondary N) is 1. The summed E-state index contributed by atoms with van der Waals surface area (Å²) in [5.74, 6) is 1.90. The van der Waals surface area contributed by atoms with Crippen LogP contribution in [0.3, 0.4) is 0 Å². The minimum absolute atomic E-state index is 0.168. The first-order chi connectivity index (χ1) is 10.1. The van der Waals surface area contributed by atoms with E-state index < -0.39 is 0 Å². The maximum Gasteiger partial charge on any atom is 0.236 e. The second kappa shape index (κ2) is 6.20. The first-order valence-corrected chi connectivity index (χ1v) is 7.88. The van der Waals surface area contributed by atoms with Crippen LogP contribution in [0.25, 0.3) is 0 Å². The summed E-state index contributed by atoms with van der Waals surface area (Å²) in [7, 11) is 1.85. The largest absolute Gasteiger partial charge is 0.464 e. The highest BCUT2D eigenvalue weighted by Gasteiger charge is 2.30. The zero-order chi connectivity index (χ0) is 14.8. The molecule has 1 aromatic heterocycles. The number of hydrogen-bond donors (Lipinski definition) is 1. The molecule has 2 aliphatic rings. The molecule has 0 aliphatic carbocycles. The minimum Gasteiger partial charge on any atom is -0.464 e. The summed E-state index contributed by atoms with van der Waals surface area (Å²) in [5, 5.41) is 3.65. The van der Waals surface area contributed by atoms with Gasteiger partial charge in [0.25, 0.3) is 0 Å². The second-order valence-electron chi connectivity index (χ2n) is 6.42. The van der Waals surface area contributed by atoms with Gasteiger partial charge >= 0.3 is 0 Å². The Morgan fingerprint density at radius 2 is 2.19 bits per heavy atom. The van der Waals surface area contributed by atoms with E-state index in [9.17, 15) is 4.79 Å². The number of likely N-dealkylation sites (N-methyl/N-ethyl adjacent to an activating group) is 1. The third-order valence-electron chi connectivity index (χ3n) is 4.58. The number of likely N-dealkylation sites (tertiary alicyclic amines) is 1. The van der Waals surface area contributed by atoms with Gasteiger partial charge in [-0.1, -0.05) is 0 Å². The topological polar surface area (TPSA) is 48.7 Å². The van der Waals surface area contributed by atoms with Crippen molar-refractivity contribution in [3.05, 3.63) is 23.7 Å². The van der Waals surface area contributed by atoms with Crippen molar-refractivity contribution in [1.82, 2.24) is 15.1 Å². The van der Waals surface area contributed by atoms with E-state index in [1.54, 1.807) is 4.90 Å². The van der Waals surface area contributed by atoms with Crippen molar-refractivity contribution >= 4 is 5.91 Å². The number of hydrogen-bond acceptors (Lipinski definition) is 4. The van der Waals surface area contributed by atoms with Gasteiger partial charge in [-0.05, 0) is 38.3 Å². The van der Waals surface area contributed by atoms with Crippen molar-refractivity contribution in [3.63, 3.8) is 0 Å². The number of rotatable bonds is 4. The Bertz CT molecular complexity index is 499. The van der Waals surface area contributed by atoms with Crippen molar-refractivity contribution in [2.24, 2.45) is 0 Å². The van der Waals surface area contributed by atoms with Gasteiger partial charge in [0, 0.05) is 32.2 Å². The fraction of sp³-hybridized carbons (Fsp3) is 0.688. The minimum atomic E-state index is 0.168. The van der Waals surface area contributed by atoms with Crippen LogP contribution >= 0.6 is 0 Å².